The molecule has 0 fully saturated rings. The van der Waals surface area contributed by atoms with E-state index < -0.39 is 0 Å². The first-order valence-corrected chi connectivity index (χ1v) is 3.69. The zero-order chi connectivity index (χ0) is 8.81. The summed E-state index contributed by atoms with van der Waals surface area (Å²) in [6, 6.07) is 2.21. The van der Waals surface area contributed by atoms with Crippen LogP contribution in [0.2, 0.25) is 0 Å². The summed E-state index contributed by atoms with van der Waals surface area (Å²) in [7, 11) is 0. The second-order valence-electron chi connectivity index (χ2n) is 2.28. The third-order valence-electron chi connectivity index (χ3n) is 1.25. The van der Waals surface area contributed by atoms with Crippen molar-refractivity contribution in [1.29, 1.82) is 0 Å². The molecule has 1 heterocycles. The van der Waals surface area contributed by atoms with E-state index in [2.05, 4.69) is 15.9 Å². The number of hydrogen-bond acceptors (Lipinski definition) is 3. The second-order valence-corrected chi connectivity index (χ2v) is 2.28. The Kier molecular flexibility index (Phi) is 3.09. The third-order valence-corrected chi connectivity index (χ3v) is 1.25. The van der Waals surface area contributed by atoms with Crippen molar-refractivity contribution in [2.24, 2.45) is 0 Å². The van der Waals surface area contributed by atoms with Crippen LogP contribution in [-0.4, -0.2) is 16.6 Å². The van der Waals surface area contributed by atoms with Gasteiger partial charge in [-0.05, 0) is 13.0 Å². The van der Waals surface area contributed by atoms with Gasteiger partial charge in [-0.3, -0.25) is 0 Å². The Bertz CT molecular complexity index is 291. The minimum atomic E-state index is 0.394. The van der Waals surface area contributed by atoms with Crippen molar-refractivity contribution < 1.29 is 4.74 Å². The van der Waals surface area contributed by atoms with Crippen molar-refractivity contribution in [1.82, 2.24) is 9.97 Å². The van der Waals surface area contributed by atoms with Gasteiger partial charge in [0.05, 0.1) is 0 Å². The van der Waals surface area contributed by atoms with E-state index in [1.165, 1.54) is 0 Å². The maximum Gasteiger partial charge on any atom is 0.316 e. The van der Waals surface area contributed by atoms with E-state index in [9.17, 15) is 0 Å². The van der Waals surface area contributed by atoms with Crippen LogP contribution in [0.3, 0.4) is 0 Å². The van der Waals surface area contributed by atoms with E-state index in [0.29, 0.717) is 19.0 Å². The predicted octanol–water partition coefficient (Wildman–Crippen LogP) is 1.19. The highest BCUT2D eigenvalue weighted by atomic mass is 16.5. The Hall–Kier alpha value is -1.56. The summed E-state index contributed by atoms with van der Waals surface area (Å²) in [4.78, 5) is 7.95. The van der Waals surface area contributed by atoms with E-state index in [0.717, 1.165) is 5.69 Å². The Balaban J connectivity index is 2.48. The second kappa shape index (κ2) is 4.35. The van der Waals surface area contributed by atoms with Crippen LogP contribution in [0.15, 0.2) is 12.3 Å². The highest BCUT2D eigenvalue weighted by Gasteiger charge is 1.94. The molecule has 0 saturated heterocycles. The summed E-state index contributed by atoms with van der Waals surface area (Å²) in [6.45, 7) is 2.36. The van der Waals surface area contributed by atoms with Crippen molar-refractivity contribution in [3.63, 3.8) is 0 Å². The molecular formula is C9H10N2O. The number of hydrogen-bond donors (Lipinski definition) is 0. The van der Waals surface area contributed by atoms with Crippen LogP contribution in [0.5, 0.6) is 6.01 Å². The lowest BCUT2D eigenvalue weighted by atomic mass is 10.5. The molecule has 0 aliphatic heterocycles. The quantitative estimate of drug-likeness (QED) is 0.494. The summed E-state index contributed by atoms with van der Waals surface area (Å²) in [6.07, 6.45) is 7.29. The molecule has 0 aliphatic rings. The number of terminal acetylenes is 1. The largest absolute Gasteiger partial charge is 0.462 e. The van der Waals surface area contributed by atoms with Gasteiger partial charge in [0.2, 0.25) is 0 Å². The van der Waals surface area contributed by atoms with Crippen LogP contribution < -0.4 is 4.74 Å². The van der Waals surface area contributed by atoms with Crippen molar-refractivity contribution in [2.45, 2.75) is 13.3 Å². The molecule has 62 valence electrons. The van der Waals surface area contributed by atoms with Crippen molar-refractivity contribution in [3.05, 3.63) is 18.0 Å². The summed E-state index contributed by atoms with van der Waals surface area (Å²) >= 11 is 0. The van der Waals surface area contributed by atoms with E-state index in [4.69, 9.17) is 11.2 Å². The molecule has 12 heavy (non-hydrogen) atoms. The number of nitrogens with zero attached hydrogens (tertiary/aromatic N) is 2. The molecule has 1 aromatic rings. The van der Waals surface area contributed by atoms with Crippen molar-refractivity contribution in [2.75, 3.05) is 6.61 Å². The normalized spacial score (nSPS) is 9.00. The van der Waals surface area contributed by atoms with Crippen LogP contribution >= 0.6 is 0 Å². The van der Waals surface area contributed by atoms with Gasteiger partial charge in [-0.2, -0.15) is 0 Å². The molecule has 1 rings (SSSR count). The van der Waals surface area contributed by atoms with Gasteiger partial charge in [-0.25, -0.2) is 9.97 Å². The smallest absolute Gasteiger partial charge is 0.316 e. The van der Waals surface area contributed by atoms with Crippen molar-refractivity contribution in [3.8, 4) is 18.4 Å². The molecule has 0 spiro atoms. The molecular weight excluding hydrogens is 152 g/mol. The van der Waals surface area contributed by atoms with E-state index >= 15 is 0 Å². The average molecular weight is 162 g/mol. The zero-order valence-corrected chi connectivity index (χ0v) is 6.95. The highest BCUT2D eigenvalue weighted by Crippen LogP contribution is 2.01. The number of aryl methyl sites for hydroxylation is 1. The number of rotatable bonds is 3. The van der Waals surface area contributed by atoms with Gasteiger partial charge in [-0.1, -0.05) is 0 Å². The molecule has 3 heteroatoms. The summed E-state index contributed by atoms with van der Waals surface area (Å²) in [5, 5.41) is 0. The van der Waals surface area contributed by atoms with E-state index in [1.54, 1.807) is 6.20 Å². The Morgan fingerprint density at radius 3 is 3.17 bits per heavy atom. The van der Waals surface area contributed by atoms with Crippen molar-refractivity contribution >= 4 is 0 Å². The topological polar surface area (TPSA) is 35.0 Å². The van der Waals surface area contributed by atoms with Gasteiger partial charge in [0.1, 0.15) is 6.61 Å². The maximum absolute atomic E-state index is 5.16. The standard InChI is InChI=1S/C9H10N2O/c1-3-4-7-12-9-10-6-5-8(2)11-9/h1,5-6H,4,7H2,2H3. The Labute approximate surface area is 71.8 Å². The lowest BCUT2D eigenvalue weighted by Gasteiger charge is -2.00. The molecule has 0 amide bonds. The third kappa shape index (κ3) is 2.59. The molecule has 3 nitrogen and oxygen atoms in total. The maximum atomic E-state index is 5.16. The summed E-state index contributed by atoms with van der Waals surface area (Å²) in [5.74, 6) is 2.47. The molecule has 0 aromatic carbocycles. The lowest BCUT2D eigenvalue weighted by molar-refractivity contribution is 0.300. The first-order chi connectivity index (χ1) is 5.83. The molecule has 0 saturated carbocycles. The lowest BCUT2D eigenvalue weighted by Crippen LogP contribution is -2.00. The van der Waals surface area contributed by atoms with Crippen LogP contribution in [-0.2, 0) is 0 Å². The first-order valence-electron chi connectivity index (χ1n) is 3.69. The van der Waals surface area contributed by atoms with Crippen LogP contribution in [0.1, 0.15) is 12.1 Å². The summed E-state index contributed by atoms with van der Waals surface area (Å²) < 4.78 is 5.16. The SMILES string of the molecule is C#CCCOc1nccc(C)n1. The van der Waals surface area contributed by atoms with Gasteiger partial charge in [0.25, 0.3) is 0 Å². The zero-order valence-electron chi connectivity index (χ0n) is 6.95. The van der Waals surface area contributed by atoms with Gasteiger partial charge in [0.15, 0.2) is 0 Å². The fourth-order valence-corrected chi connectivity index (χ4v) is 0.697. The first kappa shape index (κ1) is 8.54. The molecule has 1 aromatic heterocycles. The fourth-order valence-electron chi connectivity index (χ4n) is 0.697. The van der Waals surface area contributed by atoms with Gasteiger partial charge in [-0.15, -0.1) is 12.3 Å². The monoisotopic (exact) mass is 162 g/mol. The number of ether oxygens (including phenoxy) is 1. The van der Waals surface area contributed by atoms with Gasteiger partial charge in [0, 0.05) is 18.3 Å². The minimum Gasteiger partial charge on any atom is -0.462 e. The minimum absolute atomic E-state index is 0.394. The molecule has 0 radical (unpaired) electrons. The molecule has 0 bridgehead atoms. The van der Waals surface area contributed by atoms with Gasteiger partial charge < -0.3 is 4.74 Å². The van der Waals surface area contributed by atoms with E-state index in [1.807, 2.05) is 13.0 Å². The molecule has 0 atom stereocenters. The highest BCUT2D eigenvalue weighted by molar-refractivity contribution is 5.03. The Morgan fingerprint density at radius 1 is 1.67 bits per heavy atom. The van der Waals surface area contributed by atoms with E-state index in [-0.39, 0.29) is 0 Å². The van der Waals surface area contributed by atoms with Crippen LogP contribution in [0.25, 0.3) is 0 Å². The average Bonchev–Trinajstić information content (AvgIpc) is 2.05. The predicted molar refractivity (Wildman–Crippen MR) is 45.7 cm³/mol. The van der Waals surface area contributed by atoms with Gasteiger partial charge >= 0.3 is 6.01 Å². The summed E-state index contributed by atoms with van der Waals surface area (Å²) in [5.41, 5.74) is 0.890. The van der Waals surface area contributed by atoms with Crippen LogP contribution in [0.4, 0.5) is 0 Å². The molecule has 0 aliphatic carbocycles. The fraction of sp³-hybridized carbons (Fsp3) is 0.333. The Morgan fingerprint density at radius 2 is 2.50 bits per heavy atom. The van der Waals surface area contributed by atoms with Crippen LogP contribution in [0, 0.1) is 19.3 Å². The molecule has 0 N–H and O–H groups in total. The number of aromatic nitrogens is 2. The molecule has 0 unspecified atom stereocenters.